The van der Waals surface area contributed by atoms with Crippen molar-refractivity contribution in [3.63, 3.8) is 0 Å². The number of nitrogens with zero attached hydrogens (tertiary/aromatic N) is 2. The van der Waals surface area contributed by atoms with Crippen molar-refractivity contribution < 1.29 is 14.7 Å². The van der Waals surface area contributed by atoms with Gasteiger partial charge in [-0.1, -0.05) is 67.6 Å². The minimum absolute atomic E-state index is 0.0433. The number of rotatable bonds is 8. The Hall–Kier alpha value is -2.66. The van der Waals surface area contributed by atoms with E-state index in [4.69, 9.17) is 5.11 Å². The maximum atomic E-state index is 13.1. The van der Waals surface area contributed by atoms with Gasteiger partial charge in [-0.05, 0) is 30.5 Å². The first kappa shape index (κ1) is 21.1. The van der Waals surface area contributed by atoms with Crippen molar-refractivity contribution in [3.8, 4) is 0 Å². The molecule has 1 aliphatic heterocycles. The maximum Gasteiger partial charge on any atom is 0.317 e. The molecule has 0 bridgehead atoms. The summed E-state index contributed by atoms with van der Waals surface area (Å²) in [5.41, 5.74) is 2.31. The molecule has 154 valence electrons. The van der Waals surface area contributed by atoms with Crippen LogP contribution in [0.15, 0.2) is 60.7 Å². The Labute approximate surface area is 172 Å². The highest BCUT2D eigenvalue weighted by molar-refractivity contribution is 5.78. The summed E-state index contributed by atoms with van der Waals surface area (Å²) in [6.45, 7) is 4.16. The summed E-state index contributed by atoms with van der Waals surface area (Å²) >= 11 is 0. The van der Waals surface area contributed by atoms with Gasteiger partial charge in [-0.25, -0.2) is 0 Å². The molecular formula is C24H30N2O3. The van der Waals surface area contributed by atoms with E-state index < -0.39 is 5.97 Å². The Morgan fingerprint density at radius 2 is 1.52 bits per heavy atom. The monoisotopic (exact) mass is 394 g/mol. The number of carboxylic acids is 1. The predicted octanol–water partition coefficient (Wildman–Crippen LogP) is 3.61. The molecule has 0 saturated carbocycles. The summed E-state index contributed by atoms with van der Waals surface area (Å²) < 4.78 is 0. The zero-order valence-electron chi connectivity index (χ0n) is 17.0. The van der Waals surface area contributed by atoms with E-state index in [0.29, 0.717) is 19.5 Å². The highest BCUT2D eigenvalue weighted by Crippen LogP contribution is 2.29. The number of hydrogen-bond donors (Lipinski definition) is 1. The number of piperidine rings is 1. The van der Waals surface area contributed by atoms with Crippen molar-refractivity contribution in [2.45, 2.75) is 38.1 Å². The van der Waals surface area contributed by atoms with Gasteiger partial charge in [0, 0.05) is 31.5 Å². The summed E-state index contributed by atoms with van der Waals surface area (Å²) in [4.78, 5) is 28.1. The third kappa shape index (κ3) is 5.67. The van der Waals surface area contributed by atoms with Crippen molar-refractivity contribution in [3.05, 3.63) is 71.8 Å². The van der Waals surface area contributed by atoms with E-state index in [2.05, 4.69) is 24.3 Å². The van der Waals surface area contributed by atoms with E-state index in [-0.39, 0.29) is 24.4 Å². The first-order chi connectivity index (χ1) is 14.1. The zero-order chi connectivity index (χ0) is 20.6. The molecule has 29 heavy (non-hydrogen) atoms. The van der Waals surface area contributed by atoms with Gasteiger partial charge in [0.2, 0.25) is 5.91 Å². The lowest BCUT2D eigenvalue weighted by atomic mass is 9.88. The zero-order valence-corrected chi connectivity index (χ0v) is 17.0. The SMILES string of the molecule is CCN(CC(=O)O)C1CCN(C(=O)CC(c2ccccc2)c2ccccc2)CC1. The molecule has 5 heteroatoms. The van der Waals surface area contributed by atoms with Crippen LogP contribution in [0.2, 0.25) is 0 Å². The maximum absolute atomic E-state index is 13.1. The van der Waals surface area contributed by atoms with Crippen LogP contribution >= 0.6 is 0 Å². The van der Waals surface area contributed by atoms with Crippen LogP contribution < -0.4 is 0 Å². The van der Waals surface area contributed by atoms with Crippen LogP contribution in [0.1, 0.15) is 43.2 Å². The lowest BCUT2D eigenvalue weighted by Gasteiger charge is -2.38. The smallest absolute Gasteiger partial charge is 0.317 e. The van der Waals surface area contributed by atoms with Crippen LogP contribution in [-0.2, 0) is 9.59 Å². The van der Waals surface area contributed by atoms with E-state index in [9.17, 15) is 9.59 Å². The molecule has 2 aromatic carbocycles. The molecule has 3 rings (SSSR count). The van der Waals surface area contributed by atoms with Gasteiger partial charge in [0.1, 0.15) is 0 Å². The van der Waals surface area contributed by atoms with Gasteiger partial charge in [0.25, 0.3) is 0 Å². The van der Waals surface area contributed by atoms with Gasteiger partial charge >= 0.3 is 5.97 Å². The van der Waals surface area contributed by atoms with Crippen LogP contribution in [0.25, 0.3) is 0 Å². The summed E-state index contributed by atoms with van der Waals surface area (Å²) in [6, 6.07) is 20.6. The molecule has 1 fully saturated rings. The van der Waals surface area contributed by atoms with Crippen LogP contribution in [-0.4, -0.2) is 59.0 Å². The van der Waals surface area contributed by atoms with Crippen LogP contribution in [0, 0.1) is 0 Å². The molecule has 0 radical (unpaired) electrons. The molecule has 1 amide bonds. The van der Waals surface area contributed by atoms with E-state index in [1.165, 1.54) is 0 Å². The fourth-order valence-corrected chi connectivity index (χ4v) is 4.26. The quantitative estimate of drug-likeness (QED) is 0.743. The lowest BCUT2D eigenvalue weighted by Crippen LogP contribution is -2.48. The standard InChI is InChI=1S/C24H30N2O3/c1-2-25(18-24(28)29)21-13-15-26(16-14-21)23(27)17-22(19-9-5-3-6-10-19)20-11-7-4-8-12-20/h3-12,21-22H,2,13-18H2,1H3,(H,28,29). The molecule has 0 atom stereocenters. The molecule has 0 spiro atoms. The van der Waals surface area contributed by atoms with Crippen molar-refractivity contribution in [2.24, 2.45) is 0 Å². The first-order valence-electron chi connectivity index (χ1n) is 10.4. The van der Waals surface area contributed by atoms with Crippen LogP contribution in [0.5, 0.6) is 0 Å². The molecular weight excluding hydrogens is 364 g/mol. The second-order valence-electron chi connectivity index (χ2n) is 7.65. The minimum Gasteiger partial charge on any atom is -0.480 e. The number of carboxylic acid groups (broad SMARTS) is 1. The fourth-order valence-electron chi connectivity index (χ4n) is 4.26. The van der Waals surface area contributed by atoms with E-state index in [0.717, 1.165) is 30.5 Å². The van der Waals surface area contributed by atoms with Crippen molar-refractivity contribution >= 4 is 11.9 Å². The van der Waals surface area contributed by atoms with E-state index >= 15 is 0 Å². The van der Waals surface area contributed by atoms with Crippen molar-refractivity contribution in [1.82, 2.24) is 9.80 Å². The van der Waals surface area contributed by atoms with Crippen molar-refractivity contribution in [2.75, 3.05) is 26.2 Å². The van der Waals surface area contributed by atoms with E-state index in [1.807, 2.05) is 53.1 Å². The number of likely N-dealkylation sites (N-methyl/N-ethyl adjacent to an activating group) is 1. The Bertz CT molecular complexity index is 747. The fraction of sp³-hybridized carbons (Fsp3) is 0.417. The highest BCUT2D eigenvalue weighted by atomic mass is 16.4. The summed E-state index contributed by atoms with van der Waals surface area (Å²) in [5, 5.41) is 9.10. The summed E-state index contributed by atoms with van der Waals surface area (Å²) in [7, 11) is 0. The number of carbonyl (C=O) groups excluding carboxylic acids is 1. The third-order valence-corrected chi connectivity index (χ3v) is 5.86. The number of carbonyl (C=O) groups is 2. The minimum atomic E-state index is -0.793. The largest absolute Gasteiger partial charge is 0.480 e. The van der Waals surface area contributed by atoms with E-state index in [1.54, 1.807) is 0 Å². The number of hydrogen-bond acceptors (Lipinski definition) is 3. The van der Waals surface area contributed by atoms with Gasteiger partial charge < -0.3 is 10.0 Å². The molecule has 1 heterocycles. The number of likely N-dealkylation sites (tertiary alicyclic amines) is 1. The number of amides is 1. The molecule has 2 aromatic rings. The number of aliphatic carboxylic acids is 1. The van der Waals surface area contributed by atoms with Gasteiger partial charge in [0.15, 0.2) is 0 Å². The average Bonchev–Trinajstić information content (AvgIpc) is 2.77. The van der Waals surface area contributed by atoms with Gasteiger partial charge in [-0.3, -0.25) is 14.5 Å². The third-order valence-electron chi connectivity index (χ3n) is 5.86. The molecule has 1 N–H and O–H groups in total. The van der Waals surface area contributed by atoms with Crippen LogP contribution in [0.4, 0.5) is 0 Å². The van der Waals surface area contributed by atoms with Gasteiger partial charge in [0.05, 0.1) is 6.54 Å². The van der Waals surface area contributed by atoms with Gasteiger partial charge in [-0.15, -0.1) is 0 Å². The molecule has 0 aliphatic carbocycles. The molecule has 5 nitrogen and oxygen atoms in total. The van der Waals surface area contributed by atoms with Gasteiger partial charge in [-0.2, -0.15) is 0 Å². The molecule has 0 aromatic heterocycles. The first-order valence-corrected chi connectivity index (χ1v) is 10.4. The molecule has 0 unspecified atom stereocenters. The summed E-state index contributed by atoms with van der Waals surface area (Å²) in [5.74, 6) is -0.580. The topological polar surface area (TPSA) is 60.9 Å². The second kappa shape index (κ2) is 10.2. The molecule has 1 saturated heterocycles. The number of benzene rings is 2. The summed E-state index contributed by atoms with van der Waals surface area (Å²) in [6.07, 6.45) is 2.10. The normalized spacial score (nSPS) is 15.1. The Morgan fingerprint density at radius 3 is 1.97 bits per heavy atom. The Morgan fingerprint density at radius 1 is 1.00 bits per heavy atom. The average molecular weight is 395 g/mol. The highest BCUT2D eigenvalue weighted by Gasteiger charge is 2.28. The van der Waals surface area contributed by atoms with Crippen LogP contribution in [0.3, 0.4) is 0 Å². The second-order valence-corrected chi connectivity index (χ2v) is 7.65. The Balaban J connectivity index is 1.65. The lowest BCUT2D eigenvalue weighted by molar-refractivity contribution is -0.140. The Kier molecular flexibility index (Phi) is 7.42. The van der Waals surface area contributed by atoms with Crippen molar-refractivity contribution in [1.29, 1.82) is 0 Å². The molecule has 1 aliphatic rings. The predicted molar refractivity (Wildman–Crippen MR) is 114 cm³/mol.